The number of nitrogens with two attached hydrogens (primary N) is 1. The minimum Gasteiger partial charge on any atom is -0.377 e. The molecule has 1 aliphatic heterocycles. The van der Waals surface area contributed by atoms with Crippen molar-refractivity contribution in [1.82, 2.24) is 10.4 Å². The van der Waals surface area contributed by atoms with Crippen LogP contribution in [0.1, 0.15) is 24.3 Å². The highest BCUT2D eigenvalue weighted by Crippen LogP contribution is 2.24. The second kappa shape index (κ2) is 5.96. The van der Waals surface area contributed by atoms with Crippen LogP contribution in [0.3, 0.4) is 0 Å². The molecule has 1 fully saturated rings. The number of para-hydroxylation sites is 1. The normalized spacial score (nSPS) is 21.6. The van der Waals surface area contributed by atoms with Crippen molar-refractivity contribution in [3.8, 4) is 0 Å². The van der Waals surface area contributed by atoms with Gasteiger partial charge in [0.15, 0.2) is 0 Å². The monoisotopic (exact) mass is 277 g/mol. The number of hydrogen-bond donors (Lipinski definition) is 2. The van der Waals surface area contributed by atoms with Gasteiger partial charge < -0.3 is 4.74 Å². The molecule has 0 radical (unpaired) electrons. The van der Waals surface area contributed by atoms with Crippen LogP contribution in [0.25, 0.3) is 10.2 Å². The van der Waals surface area contributed by atoms with Crippen LogP contribution >= 0.6 is 11.3 Å². The van der Waals surface area contributed by atoms with E-state index in [0.717, 1.165) is 36.4 Å². The van der Waals surface area contributed by atoms with Gasteiger partial charge in [0.1, 0.15) is 0 Å². The summed E-state index contributed by atoms with van der Waals surface area (Å²) in [4.78, 5) is 4.66. The number of rotatable bonds is 4. The Kier molecular flexibility index (Phi) is 4.08. The maximum atomic E-state index is 5.81. The summed E-state index contributed by atoms with van der Waals surface area (Å²) in [5, 5.41) is 1.12. The smallest absolute Gasteiger partial charge is 0.0955 e. The first-order chi connectivity index (χ1) is 9.36. The number of thiazole rings is 1. The standard InChI is InChI=1S/C14H19N3OS/c15-17-11(12-6-3-4-8-18-12)9-14-16-10-5-1-2-7-13(10)19-14/h1-2,5,7,11-12,17H,3-4,6,8-9,15H2. The number of benzene rings is 1. The molecule has 3 N–H and O–H groups in total. The number of fused-ring (bicyclic) bond motifs is 1. The van der Waals surface area contributed by atoms with Crippen LogP contribution in [0.15, 0.2) is 24.3 Å². The molecule has 2 atom stereocenters. The van der Waals surface area contributed by atoms with E-state index in [-0.39, 0.29) is 12.1 Å². The lowest BCUT2D eigenvalue weighted by atomic mass is 10.0. The summed E-state index contributed by atoms with van der Waals surface area (Å²) in [6, 6.07) is 8.39. The fourth-order valence-corrected chi connectivity index (χ4v) is 3.60. The van der Waals surface area contributed by atoms with Crippen LogP contribution < -0.4 is 11.3 Å². The van der Waals surface area contributed by atoms with Gasteiger partial charge >= 0.3 is 0 Å². The molecule has 4 nitrogen and oxygen atoms in total. The summed E-state index contributed by atoms with van der Waals surface area (Å²) in [7, 11) is 0. The number of nitrogens with one attached hydrogen (secondary N) is 1. The van der Waals surface area contributed by atoms with Gasteiger partial charge in [-0.1, -0.05) is 12.1 Å². The Balaban J connectivity index is 1.74. The Morgan fingerprint density at radius 1 is 1.42 bits per heavy atom. The maximum absolute atomic E-state index is 5.81. The number of aromatic nitrogens is 1. The lowest BCUT2D eigenvalue weighted by Crippen LogP contribution is -2.47. The van der Waals surface area contributed by atoms with Crippen LogP contribution in [-0.2, 0) is 11.2 Å². The average Bonchev–Trinajstić information content (AvgIpc) is 2.88. The van der Waals surface area contributed by atoms with Crippen LogP contribution in [0.5, 0.6) is 0 Å². The zero-order valence-electron chi connectivity index (χ0n) is 10.8. The molecule has 0 saturated carbocycles. The van der Waals surface area contributed by atoms with Gasteiger partial charge in [-0.15, -0.1) is 11.3 Å². The topological polar surface area (TPSA) is 60.2 Å². The average molecular weight is 277 g/mol. The zero-order valence-corrected chi connectivity index (χ0v) is 11.7. The highest BCUT2D eigenvalue weighted by Gasteiger charge is 2.24. The fourth-order valence-electron chi connectivity index (χ4n) is 2.58. The van der Waals surface area contributed by atoms with Crippen LogP contribution in [-0.4, -0.2) is 23.7 Å². The van der Waals surface area contributed by atoms with Gasteiger partial charge in [0.2, 0.25) is 0 Å². The Labute approximate surface area is 116 Å². The van der Waals surface area contributed by atoms with Crippen molar-refractivity contribution in [3.63, 3.8) is 0 Å². The number of nitrogens with zero attached hydrogens (tertiary/aromatic N) is 1. The van der Waals surface area contributed by atoms with Crippen LogP contribution in [0.2, 0.25) is 0 Å². The molecule has 3 rings (SSSR count). The van der Waals surface area contributed by atoms with E-state index < -0.39 is 0 Å². The zero-order chi connectivity index (χ0) is 13.1. The fraction of sp³-hybridized carbons (Fsp3) is 0.500. The minimum atomic E-state index is 0.154. The Hall–Kier alpha value is -1.01. The summed E-state index contributed by atoms with van der Waals surface area (Å²) < 4.78 is 7.05. The summed E-state index contributed by atoms with van der Waals surface area (Å²) in [5.74, 6) is 5.69. The molecule has 1 aliphatic rings. The first kappa shape index (κ1) is 13.0. The van der Waals surface area contributed by atoms with Crippen molar-refractivity contribution >= 4 is 21.6 Å². The van der Waals surface area contributed by atoms with Crippen molar-refractivity contribution in [2.75, 3.05) is 6.61 Å². The van der Waals surface area contributed by atoms with Crippen LogP contribution in [0.4, 0.5) is 0 Å². The SMILES string of the molecule is NNC(Cc1nc2ccccc2s1)C1CCCCO1. The van der Waals surface area contributed by atoms with Gasteiger partial charge in [0.05, 0.1) is 27.4 Å². The highest BCUT2D eigenvalue weighted by atomic mass is 32.1. The second-order valence-electron chi connectivity index (χ2n) is 4.96. The molecule has 1 aromatic carbocycles. The molecule has 19 heavy (non-hydrogen) atoms. The molecular formula is C14H19N3OS. The molecule has 5 heteroatoms. The molecule has 1 saturated heterocycles. The van der Waals surface area contributed by atoms with E-state index in [2.05, 4.69) is 22.5 Å². The lowest BCUT2D eigenvalue weighted by molar-refractivity contribution is -0.00744. The summed E-state index contributed by atoms with van der Waals surface area (Å²) >= 11 is 1.74. The molecule has 0 aliphatic carbocycles. The predicted octanol–water partition coefficient (Wildman–Crippen LogP) is 2.24. The minimum absolute atomic E-state index is 0.154. The number of ether oxygens (including phenoxy) is 1. The van der Waals surface area contributed by atoms with Gasteiger partial charge in [-0.2, -0.15) is 0 Å². The molecule has 102 valence electrons. The molecule has 2 unspecified atom stereocenters. The Morgan fingerprint density at radius 2 is 2.32 bits per heavy atom. The second-order valence-corrected chi connectivity index (χ2v) is 6.07. The van der Waals surface area contributed by atoms with Crippen molar-refractivity contribution in [2.45, 2.75) is 37.8 Å². The first-order valence-electron chi connectivity index (χ1n) is 6.79. The maximum Gasteiger partial charge on any atom is 0.0955 e. The third-order valence-corrected chi connectivity index (χ3v) is 4.67. The summed E-state index contributed by atoms with van der Waals surface area (Å²) in [6.07, 6.45) is 4.52. The Morgan fingerprint density at radius 3 is 3.05 bits per heavy atom. The molecule has 0 spiro atoms. The number of hydrogen-bond acceptors (Lipinski definition) is 5. The van der Waals surface area contributed by atoms with E-state index in [4.69, 9.17) is 10.6 Å². The van der Waals surface area contributed by atoms with E-state index in [9.17, 15) is 0 Å². The van der Waals surface area contributed by atoms with Crippen molar-refractivity contribution in [3.05, 3.63) is 29.3 Å². The molecular weight excluding hydrogens is 258 g/mol. The van der Waals surface area contributed by atoms with Gasteiger partial charge in [-0.3, -0.25) is 11.3 Å². The van der Waals surface area contributed by atoms with E-state index in [1.165, 1.54) is 11.1 Å². The molecule has 0 amide bonds. The van der Waals surface area contributed by atoms with E-state index in [1.54, 1.807) is 11.3 Å². The van der Waals surface area contributed by atoms with Crippen molar-refractivity contribution in [1.29, 1.82) is 0 Å². The quantitative estimate of drug-likeness (QED) is 0.664. The molecule has 2 heterocycles. The van der Waals surface area contributed by atoms with E-state index in [0.29, 0.717) is 0 Å². The predicted molar refractivity (Wildman–Crippen MR) is 78.0 cm³/mol. The molecule has 1 aromatic heterocycles. The van der Waals surface area contributed by atoms with E-state index >= 15 is 0 Å². The van der Waals surface area contributed by atoms with Gasteiger partial charge in [0, 0.05) is 13.0 Å². The van der Waals surface area contributed by atoms with Gasteiger partial charge in [-0.05, 0) is 31.4 Å². The van der Waals surface area contributed by atoms with Gasteiger partial charge in [0.25, 0.3) is 0 Å². The Bertz CT molecular complexity index is 503. The molecule has 0 bridgehead atoms. The summed E-state index contributed by atoms with van der Waals surface area (Å²) in [6.45, 7) is 0.850. The number of hydrazine groups is 1. The third-order valence-electron chi connectivity index (χ3n) is 3.61. The van der Waals surface area contributed by atoms with E-state index in [1.807, 2.05) is 12.1 Å². The summed E-state index contributed by atoms with van der Waals surface area (Å²) in [5.41, 5.74) is 3.98. The van der Waals surface area contributed by atoms with Gasteiger partial charge in [-0.25, -0.2) is 4.98 Å². The van der Waals surface area contributed by atoms with Crippen LogP contribution in [0, 0.1) is 0 Å². The largest absolute Gasteiger partial charge is 0.377 e. The third kappa shape index (κ3) is 2.95. The van der Waals surface area contributed by atoms with Crippen molar-refractivity contribution < 1.29 is 4.74 Å². The highest BCUT2D eigenvalue weighted by molar-refractivity contribution is 7.18. The lowest BCUT2D eigenvalue weighted by Gasteiger charge is -2.29. The van der Waals surface area contributed by atoms with Crippen molar-refractivity contribution in [2.24, 2.45) is 5.84 Å². The first-order valence-corrected chi connectivity index (χ1v) is 7.60. The molecule has 2 aromatic rings.